The van der Waals surface area contributed by atoms with Gasteiger partial charge in [-0.2, -0.15) is 0 Å². The van der Waals surface area contributed by atoms with Crippen molar-refractivity contribution in [2.75, 3.05) is 19.8 Å². The highest BCUT2D eigenvalue weighted by atomic mass is 16.7. The van der Waals surface area contributed by atoms with Crippen molar-refractivity contribution in [3.8, 4) is 0 Å². The lowest BCUT2D eigenvalue weighted by atomic mass is 9.86. The molecule has 0 amide bonds. The second kappa shape index (κ2) is 12.0. The van der Waals surface area contributed by atoms with E-state index in [9.17, 15) is 10.2 Å². The van der Waals surface area contributed by atoms with Gasteiger partial charge in [-0.1, -0.05) is 30.4 Å². The summed E-state index contributed by atoms with van der Waals surface area (Å²) in [6.07, 6.45) is 9.66. The van der Waals surface area contributed by atoms with Crippen molar-refractivity contribution in [2.24, 2.45) is 5.92 Å². The summed E-state index contributed by atoms with van der Waals surface area (Å²) in [4.78, 5) is 0. The van der Waals surface area contributed by atoms with Crippen LogP contribution >= 0.6 is 0 Å². The van der Waals surface area contributed by atoms with Crippen LogP contribution in [0, 0.1) is 5.92 Å². The molecule has 0 aromatic heterocycles. The van der Waals surface area contributed by atoms with Gasteiger partial charge in [0.1, 0.15) is 0 Å². The van der Waals surface area contributed by atoms with Crippen molar-refractivity contribution in [2.45, 2.75) is 89.9 Å². The van der Waals surface area contributed by atoms with Crippen LogP contribution < -0.4 is 5.32 Å². The predicted octanol–water partition coefficient (Wildman–Crippen LogP) is 3.45. The Morgan fingerprint density at radius 1 is 1.30 bits per heavy atom. The lowest BCUT2D eigenvalue weighted by molar-refractivity contribution is -0.186. The molecule has 0 aromatic carbocycles. The molecule has 6 nitrogen and oxygen atoms in total. The van der Waals surface area contributed by atoms with Crippen molar-refractivity contribution < 1.29 is 24.4 Å². The molecule has 0 spiro atoms. The van der Waals surface area contributed by atoms with E-state index in [1.165, 1.54) is 0 Å². The van der Waals surface area contributed by atoms with Gasteiger partial charge in [-0.15, -0.1) is 0 Å². The lowest BCUT2D eigenvalue weighted by Gasteiger charge is -2.39. The van der Waals surface area contributed by atoms with Crippen molar-refractivity contribution in [1.82, 2.24) is 5.32 Å². The van der Waals surface area contributed by atoms with Crippen LogP contribution in [0.3, 0.4) is 0 Å². The summed E-state index contributed by atoms with van der Waals surface area (Å²) >= 11 is 0. The van der Waals surface area contributed by atoms with Crippen LogP contribution in [0.4, 0.5) is 0 Å². The minimum atomic E-state index is -0.317. The Labute approximate surface area is 182 Å². The van der Waals surface area contributed by atoms with E-state index in [4.69, 9.17) is 14.2 Å². The summed E-state index contributed by atoms with van der Waals surface area (Å²) in [7, 11) is 0. The van der Waals surface area contributed by atoms with E-state index in [-0.39, 0.29) is 36.7 Å². The molecule has 0 aliphatic carbocycles. The van der Waals surface area contributed by atoms with Crippen molar-refractivity contribution in [3.05, 3.63) is 36.1 Å². The topological polar surface area (TPSA) is 80.2 Å². The first kappa shape index (κ1) is 25.1. The van der Waals surface area contributed by atoms with Crippen LogP contribution in [0.1, 0.15) is 59.8 Å². The highest BCUT2D eigenvalue weighted by molar-refractivity contribution is 5.17. The third-order valence-electron chi connectivity index (χ3n) is 5.52. The fourth-order valence-electron chi connectivity index (χ4n) is 3.99. The Morgan fingerprint density at radius 3 is 2.63 bits per heavy atom. The summed E-state index contributed by atoms with van der Waals surface area (Å²) in [6, 6.07) is 0.0963. The van der Waals surface area contributed by atoms with E-state index < -0.39 is 0 Å². The Hall–Kier alpha value is -1.18. The second-order valence-corrected chi connectivity index (χ2v) is 9.38. The molecule has 0 saturated carbocycles. The number of aliphatic hydroxyl groups is 2. The molecule has 2 saturated heterocycles. The first-order valence-corrected chi connectivity index (χ1v) is 11.2. The van der Waals surface area contributed by atoms with Gasteiger partial charge in [0.05, 0.1) is 37.1 Å². The Morgan fingerprint density at radius 2 is 2.00 bits per heavy atom. The maximum Gasteiger partial charge on any atom is 0.161 e. The van der Waals surface area contributed by atoms with Crippen LogP contribution in [-0.4, -0.2) is 60.2 Å². The molecule has 3 unspecified atom stereocenters. The summed E-state index contributed by atoms with van der Waals surface area (Å²) in [6.45, 7) is 13.4. The number of allylic oxidation sites excluding steroid dienone is 3. The molecule has 2 rings (SSSR count). The minimum Gasteiger partial charge on any atom is -0.396 e. The quantitative estimate of drug-likeness (QED) is 0.467. The van der Waals surface area contributed by atoms with Crippen LogP contribution in [-0.2, 0) is 14.2 Å². The van der Waals surface area contributed by atoms with Crippen LogP contribution in [0.25, 0.3) is 0 Å². The highest BCUT2D eigenvalue weighted by Gasteiger charge is 2.33. The molecule has 2 aliphatic heterocycles. The molecular formula is C24H41NO5. The molecule has 172 valence electrons. The molecule has 3 N–H and O–H groups in total. The average Bonchev–Trinajstić information content (AvgIpc) is 2.69. The SMILES string of the molecule is C=C(CCC(C)O)NC1COC(C/C=C(C)/C=C/C2CC(CO)CC(C)(C)O2)OC1. The number of aliphatic hydroxyl groups excluding tert-OH is 2. The standard InChI is InChI=1S/C24H41NO5/c1-17(6-10-22-12-20(14-26)13-24(4,5)30-22)7-11-23-28-15-21(16-29-23)25-18(2)8-9-19(3)27/h6-7,10,19-23,25-27H,2,8-9,11-16H2,1,3-5H3/b10-6+,17-7+. The Kier molecular flexibility index (Phi) is 10.0. The van der Waals surface area contributed by atoms with Crippen molar-refractivity contribution >= 4 is 0 Å². The second-order valence-electron chi connectivity index (χ2n) is 9.38. The third kappa shape index (κ3) is 9.31. The number of hydrogen-bond donors (Lipinski definition) is 3. The van der Waals surface area contributed by atoms with Crippen molar-refractivity contribution in [1.29, 1.82) is 0 Å². The molecule has 2 fully saturated rings. The Bertz CT molecular complexity index is 590. The maximum absolute atomic E-state index is 9.52. The van der Waals surface area contributed by atoms with Crippen LogP contribution in [0.2, 0.25) is 0 Å². The zero-order valence-corrected chi connectivity index (χ0v) is 19.1. The van der Waals surface area contributed by atoms with E-state index in [1.54, 1.807) is 6.92 Å². The fraction of sp³-hybridized carbons (Fsp3) is 0.750. The van der Waals surface area contributed by atoms with Gasteiger partial charge in [0.15, 0.2) is 6.29 Å². The molecule has 6 heteroatoms. The molecule has 0 aromatic rings. The minimum absolute atomic E-state index is 0.0326. The molecule has 2 heterocycles. The average molecular weight is 424 g/mol. The van der Waals surface area contributed by atoms with E-state index in [0.717, 1.165) is 30.5 Å². The van der Waals surface area contributed by atoms with Gasteiger partial charge in [-0.3, -0.25) is 0 Å². The van der Waals surface area contributed by atoms with Crippen LogP contribution in [0.5, 0.6) is 0 Å². The molecule has 0 bridgehead atoms. The van der Waals surface area contributed by atoms with Gasteiger partial charge < -0.3 is 29.7 Å². The van der Waals surface area contributed by atoms with E-state index in [1.807, 2.05) is 0 Å². The van der Waals surface area contributed by atoms with Crippen LogP contribution in [0.15, 0.2) is 36.1 Å². The molecular weight excluding hydrogens is 382 g/mol. The van der Waals surface area contributed by atoms with Crippen molar-refractivity contribution in [3.63, 3.8) is 0 Å². The summed E-state index contributed by atoms with van der Waals surface area (Å²) in [5.74, 6) is 0.293. The third-order valence-corrected chi connectivity index (χ3v) is 5.52. The van der Waals surface area contributed by atoms with Gasteiger partial charge in [-0.05, 0) is 59.3 Å². The monoisotopic (exact) mass is 423 g/mol. The van der Waals surface area contributed by atoms with Gasteiger partial charge in [0.25, 0.3) is 0 Å². The zero-order valence-electron chi connectivity index (χ0n) is 19.1. The van der Waals surface area contributed by atoms with Gasteiger partial charge >= 0.3 is 0 Å². The number of ether oxygens (including phenoxy) is 3. The van der Waals surface area contributed by atoms with E-state index in [0.29, 0.717) is 32.0 Å². The van der Waals surface area contributed by atoms with Gasteiger partial charge in [0, 0.05) is 18.7 Å². The molecule has 0 radical (unpaired) electrons. The summed E-state index contributed by atoms with van der Waals surface area (Å²) in [5, 5.41) is 22.2. The lowest BCUT2D eigenvalue weighted by Crippen LogP contribution is -2.44. The largest absolute Gasteiger partial charge is 0.396 e. The first-order chi connectivity index (χ1) is 14.2. The normalized spacial score (nSPS) is 30.9. The number of hydrogen-bond acceptors (Lipinski definition) is 6. The molecule has 2 aliphatic rings. The maximum atomic E-state index is 9.52. The van der Waals surface area contributed by atoms with Gasteiger partial charge in [0.2, 0.25) is 0 Å². The number of rotatable bonds is 10. The predicted molar refractivity (Wildman–Crippen MR) is 119 cm³/mol. The molecule has 3 atom stereocenters. The number of nitrogens with one attached hydrogen (secondary N) is 1. The first-order valence-electron chi connectivity index (χ1n) is 11.2. The van der Waals surface area contributed by atoms with E-state index >= 15 is 0 Å². The summed E-state index contributed by atoms with van der Waals surface area (Å²) < 4.78 is 17.8. The highest BCUT2D eigenvalue weighted by Crippen LogP contribution is 2.32. The zero-order chi connectivity index (χ0) is 22.1. The fourth-order valence-corrected chi connectivity index (χ4v) is 3.99. The van der Waals surface area contributed by atoms with E-state index in [2.05, 4.69) is 50.9 Å². The Balaban J connectivity index is 1.71. The summed E-state index contributed by atoms with van der Waals surface area (Å²) in [5.41, 5.74) is 1.85. The molecule has 30 heavy (non-hydrogen) atoms. The van der Waals surface area contributed by atoms with Gasteiger partial charge in [-0.25, -0.2) is 0 Å². The smallest absolute Gasteiger partial charge is 0.161 e.